The highest BCUT2D eigenvalue weighted by Gasteiger charge is 2.47. The predicted octanol–water partition coefficient (Wildman–Crippen LogP) is 4.70. The van der Waals surface area contributed by atoms with E-state index in [-0.39, 0.29) is 22.9 Å². The summed E-state index contributed by atoms with van der Waals surface area (Å²) >= 11 is -4.12. The van der Waals surface area contributed by atoms with Gasteiger partial charge in [0.1, 0.15) is 12.0 Å². The van der Waals surface area contributed by atoms with Gasteiger partial charge in [-0.2, -0.15) is 13.7 Å². The fraction of sp³-hybridized carbons (Fsp3) is 0.0833. The number of aromatic nitrogens is 2. The van der Waals surface area contributed by atoms with Gasteiger partial charge in [-0.25, -0.2) is 9.66 Å². The molecule has 1 aromatic heterocycles. The van der Waals surface area contributed by atoms with Crippen molar-refractivity contribution >= 4 is 32.5 Å². The number of hydrogen-bond donors (Lipinski definition) is 2. The Labute approximate surface area is 209 Å². The third-order valence-electron chi connectivity index (χ3n) is 5.57. The van der Waals surface area contributed by atoms with Crippen molar-refractivity contribution in [3.63, 3.8) is 0 Å². The monoisotopic (exact) mass is 523 g/mol. The van der Waals surface area contributed by atoms with Crippen molar-refractivity contribution in [2.24, 2.45) is 0 Å². The lowest BCUT2D eigenvalue weighted by Crippen LogP contribution is -2.32. The van der Waals surface area contributed by atoms with Crippen molar-refractivity contribution in [2.45, 2.75) is 18.4 Å². The van der Waals surface area contributed by atoms with Crippen LogP contribution >= 0.6 is 11.1 Å². The molecule has 0 aliphatic carbocycles. The van der Waals surface area contributed by atoms with Gasteiger partial charge in [0.05, 0.1) is 28.8 Å². The van der Waals surface area contributed by atoms with Crippen LogP contribution in [0.3, 0.4) is 0 Å². The average Bonchev–Trinajstić information content (AvgIpc) is 3.47. The van der Waals surface area contributed by atoms with Crippen LogP contribution in [-0.4, -0.2) is 27.2 Å². The maximum absolute atomic E-state index is 13.4. The van der Waals surface area contributed by atoms with Gasteiger partial charge in [0.2, 0.25) is 11.1 Å². The van der Waals surface area contributed by atoms with Gasteiger partial charge in [-0.1, -0.05) is 23.8 Å². The molecule has 1 aliphatic heterocycles. The van der Waals surface area contributed by atoms with Crippen molar-refractivity contribution in [3.8, 4) is 11.8 Å². The zero-order valence-electron chi connectivity index (χ0n) is 19.0. The van der Waals surface area contributed by atoms with E-state index in [2.05, 4.69) is 11.1 Å². The van der Waals surface area contributed by atoms with Crippen LogP contribution < -0.4 is 12.9 Å². The van der Waals surface area contributed by atoms with E-state index >= 15 is 0 Å². The summed E-state index contributed by atoms with van der Waals surface area (Å²) in [4.78, 5) is 4.01. The molecule has 0 saturated carbocycles. The van der Waals surface area contributed by atoms with Gasteiger partial charge in [0.25, 0.3) is 10.0 Å². The van der Waals surface area contributed by atoms with Crippen LogP contribution in [0.2, 0.25) is 0 Å². The van der Waals surface area contributed by atoms with Crippen LogP contribution in [0.5, 0.6) is 5.75 Å². The maximum Gasteiger partial charge on any atom is 0.278 e. The Hall–Kier alpha value is -4.02. The Balaban J connectivity index is 1.54. The van der Waals surface area contributed by atoms with E-state index in [1.165, 1.54) is 18.2 Å². The molecule has 1 aliphatic rings. The molecular weight excluding hydrogens is 502 g/mol. The second-order valence-electron chi connectivity index (χ2n) is 8.06. The van der Waals surface area contributed by atoms with Gasteiger partial charge < -0.3 is 4.18 Å². The molecule has 0 fully saturated rings. The van der Waals surface area contributed by atoms with Crippen molar-refractivity contribution < 1.29 is 21.7 Å². The Kier molecular flexibility index (Phi) is 5.85. The standard InChI is InChI=1S/C24H21N5O5S2/c1-18-2-9-22(10-3-18)35(30,31)29-23-14-20(6-11-24(23)34-36(29,32)33)16-28(27-13-12-26-17-27)21-7-4-19(15-25)5-8-21/h2-14,17,32-33H,16H2,1H3. The van der Waals surface area contributed by atoms with Crippen molar-refractivity contribution in [2.75, 3.05) is 8.72 Å². The second-order valence-corrected chi connectivity index (χ2v) is 11.5. The van der Waals surface area contributed by atoms with Crippen LogP contribution in [0.25, 0.3) is 0 Å². The van der Waals surface area contributed by atoms with Gasteiger partial charge in [-0.3, -0.25) is 14.1 Å². The molecule has 2 N–H and O–H groups in total. The molecule has 0 radical (unpaired) electrons. The molecule has 0 bridgehead atoms. The van der Waals surface area contributed by atoms with E-state index in [0.29, 0.717) is 14.8 Å². The second kappa shape index (κ2) is 8.89. The summed E-state index contributed by atoms with van der Waals surface area (Å²) in [6.07, 6.45) is 4.98. The number of fused-ring (bicyclic) bond motifs is 1. The minimum Gasteiger partial charge on any atom is -0.385 e. The fourth-order valence-electron chi connectivity index (χ4n) is 3.80. The van der Waals surface area contributed by atoms with Gasteiger partial charge in [0, 0.05) is 12.4 Å². The summed E-state index contributed by atoms with van der Waals surface area (Å²) in [5.74, 6) is 0.0435. The van der Waals surface area contributed by atoms with Gasteiger partial charge >= 0.3 is 0 Å². The van der Waals surface area contributed by atoms with Crippen LogP contribution in [0, 0.1) is 18.3 Å². The molecule has 0 unspecified atom stereocenters. The molecule has 0 amide bonds. The van der Waals surface area contributed by atoms with Gasteiger partial charge in [-0.15, -0.1) is 3.71 Å². The number of aryl methyl sites for hydroxylation is 1. The minimum absolute atomic E-state index is 0.0264. The summed E-state index contributed by atoms with van der Waals surface area (Å²) < 4.78 is 55.6. The summed E-state index contributed by atoms with van der Waals surface area (Å²) in [7, 11) is -4.34. The van der Waals surface area contributed by atoms with E-state index in [0.717, 1.165) is 11.3 Å². The first kappa shape index (κ1) is 23.7. The molecule has 12 heteroatoms. The summed E-state index contributed by atoms with van der Waals surface area (Å²) in [5.41, 5.74) is 2.83. The lowest BCUT2D eigenvalue weighted by molar-refractivity contribution is 0.395. The largest absolute Gasteiger partial charge is 0.385 e. The van der Waals surface area contributed by atoms with E-state index in [1.807, 2.05) is 11.9 Å². The van der Waals surface area contributed by atoms with Crippen LogP contribution in [0.4, 0.5) is 11.4 Å². The Bertz CT molecular complexity index is 1550. The van der Waals surface area contributed by atoms with Gasteiger partial charge in [0.15, 0.2) is 5.75 Å². The van der Waals surface area contributed by atoms with Crippen molar-refractivity contribution in [3.05, 3.63) is 102 Å². The lowest BCUT2D eigenvalue weighted by Gasteiger charge is -2.30. The number of nitrogens with zero attached hydrogens (tertiary/aromatic N) is 5. The molecule has 2 heterocycles. The molecular formula is C24H21N5O5S2. The first-order valence-corrected chi connectivity index (χ1v) is 13.5. The van der Waals surface area contributed by atoms with Crippen molar-refractivity contribution in [1.82, 2.24) is 9.66 Å². The number of nitriles is 1. The summed E-state index contributed by atoms with van der Waals surface area (Å²) in [5, 5.41) is 11.0. The number of sulfonamides is 1. The van der Waals surface area contributed by atoms with Crippen LogP contribution in [0.15, 0.2) is 90.3 Å². The number of hydrogen-bond acceptors (Lipinski definition) is 8. The van der Waals surface area contributed by atoms with E-state index < -0.39 is 21.1 Å². The number of imidazole rings is 1. The number of anilines is 2. The molecule has 3 aromatic carbocycles. The molecule has 184 valence electrons. The zero-order valence-corrected chi connectivity index (χ0v) is 20.6. The number of rotatable bonds is 6. The lowest BCUT2D eigenvalue weighted by atomic mass is 10.1. The summed E-state index contributed by atoms with van der Waals surface area (Å²) in [6.45, 7) is 2.09. The normalized spacial score (nSPS) is 15.0. The smallest absolute Gasteiger partial charge is 0.278 e. The Morgan fingerprint density at radius 3 is 2.44 bits per heavy atom. The SMILES string of the molecule is Cc1ccc(S(=O)(=O)N2c3cc(CN(c4ccc(C#N)cc4)n4ccnc4)ccc3OS2(O)O)cc1. The molecule has 0 spiro atoms. The minimum atomic E-state index is -4.34. The third-order valence-corrected chi connectivity index (χ3v) is 9.28. The zero-order chi connectivity index (χ0) is 25.5. The number of benzene rings is 3. The van der Waals surface area contributed by atoms with Crippen molar-refractivity contribution in [1.29, 1.82) is 5.26 Å². The topological polar surface area (TPSA) is 132 Å². The molecule has 0 saturated heterocycles. The highest BCUT2D eigenvalue weighted by Crippen LogP contribution is 2.60. The van der Waals surface area contributed by atoms with Crippen LogP contribution in [0.1, 0.15) is 16.7 Å². The molecule has 5 rings (SSSR count). The van der Waals surface area contributed by atoms with Crippen LogP contribution in [-0.2, 0) is 16.6 Å². The quantitative estimate of drug-likeness (QED) is 0.372. The van der Waals surface area contributed by atoms with E-state index in [9.17, 15) is 17.5 Å². The third kappa shape index (κ3) is 4.25. The Morgan fingerprint density at radius 1 is 1.08 bits per heavy atom. The molecule has 10 nitrogen and oxygen atoms in total. The first-order valence-electron chi connectivity index (χ1n) is 10.7. The Morgan fingerprint density at radius 2 is 1.81 bits per heavy atom. The highest BCUT2D eigenvalue weighted by atomic mass is 32.3. The first-order chi connectivity index (χ1) is 17.2. The fourth-order valence-corrected chi connectivity index (χ4v) is 7.10. The van der Waals surface area contributed by atoms with E-state index in [1.54, 1.807) is 71.9 Å². The predicted molar refractivity (Wildman–Crippen MR) is 136 cm³/mol. The average molecular weight is 524 g/mol. The van der Waals surface area contributed by atoms with Gasteiger partial charge in [-0.05, 0) is 61.0 Å². The van der Waals surface area contributed by atoms with E-state index in [4.69, 9.17) is 9.44 Å². The summed E-state index contributed by atoms with van der Waals surface area (Å²) in [6, 6.07) is 19.9. The molecule has 0 atom stereocenters. The maximum atomic E-state index is 13.4. The highest BCUT2D eigenvalue weighted by molar-refractivity contribution is 8.29. The molecule has 4 aromatic rings. The molecule has 36 heavy (non-hydrogen) atoms.